The van der Waals surface area contributed by atoms with Gasteiger partial charge in [0.05, 0.1) is 6.04 Å². The van der Waals surface area contributed by atoms with E-state index in [0.717, 1.165) is 5.56 Å². The first-order valence-corrected chi connectivity index (χ1v) is 6.09. The van der Waals surface area contributed by atoms with Gasteiger partial charge in [0.1, 0.15) is 5.60 Å². The van der Waals surface area contributed by atoms with Crippen molar-refractivity contribution in [1.82, 2.24) is 10.4 Å². The van der Waals surface area contributed by atoms with Crippen LogP contribution in [-0.2, 0) is 4.74 Å². The number of hydrazine groups is 1. The predicted molar refractivity (Wildman–Crippen MR) is 72.0 cm³/mol. The standard InChI is InChI=1S/C14H22N2O2/c1-11(12-9-7-6-8-10-12)16(15-5)13(17)18-14(2,3)4/h6-11,15H,1-5H3. The Morgan fingerprint density at radius 3 is 2.28 bits per heavy atom. The Hall–Kier alpha value is -1.55. The molecular weight excluding hydrogens is 228 g/mol. The van der Waals surface area contributed by atoms with Gasteiger partial charge in [0.15, 0.2) is 0 Å². The first-order chi connectivity index (χ1) is 8.35. The molecule has 18 heavy (non-hydrogen) atoms. The van der Waals surface area contributed by atoms with Gasteiger partial charge < -0.3 is 4.74 Å². The smallest absolute Gasteiger partial charge is 0.425 e. The summed E-state index contributed by atoms with van der Waals surface area (Å²) in [7, 11) is 1.71. The molecule has 0 aliphatic heterocycles. The van der Waals surface area contributed by atoms with Crippen molar-refractivity contribution in [3.05, 3.63) is 35.9 Å². The summed E-state index contributed by atoms with van der Waals surface area (Å²) in [5.41, 5.74) is 3.44. The number of rotatable bonds is 3. The molecule has 0 bridgehead atoms. The quantitative estimate of drug-likeness (QED) is 0.838. The zero-order valence-corrected chi connectivity index (χ0v) is 11.7. The van der Waals surface area contributed by atoms with Crippen LogP contribution in [0.2, 0.25) is 0 Å². The molecule has 1 amide bonds. The summed E-state index contributed by atoms with van der Waals surface area (Å²) >= 11 is 0. The molecule has 1 atom stereocenters. The zero-order chi connectivity index (χ0) is 13.8. The van der Waals surface area contributed by atoms with Crippen molar-refractivity contribution in [2.45, 2.75) is 39.3 Å². The van der Waals surface area contributed by atoms with Crippen molar-refractivity contribution in [3.8, 4) is 0 Å². The number of hydrogen-bond acceptors (Lipinski definition) is 3. The minimum atomic E-state index is -0.497. The van der Waals surface area contributed by atoms with Crippen molar-refractivity contribution in [2.75, 3.05) is 7.05 Å². The first kappa shape index (κ1) is 14.5. The molecule has 0 heterocycles. The van der Waals surface area contributed by atoms with Crippen LogP contribution in [0.4, 0.5) is 4.79 Å². The molecule has 1 N–H and O–H groups in total. The molecule has 0 saturated heterocycles. The van der Waals surface area contributed by atoms with E-state index in [9.17, 15) is 4.79 Å². The number of hydrogen-bond donors (Lipinski definition) is 1. The second kappa shape index (κ2) is 5.87. The monoisotopic (exact) mass is 250 g/mol. The molecule has 1 rings (SSSR count). The average Bonchev–Trinajstić information content (AvgIpc) is 2.28. The highest BCUT2D eigenvalue weighted by atomic mass is 16.6. The van der Waals surface area contributed by atoms with Crippen molar-refractivity contribution in [2.24, 2.45) is 0 Å². The summed E-state index contributed by atoms with van der Waals surface area (Å²) in [6.07, 6.45) is -0.374. The first-order valence-electron chi connectivity index (χ1n) is 6.09. The van der Waals surface area contributed by atoms with E-state index in [4.69, 9.17) is 4.74 Å². The lowest BCUT2D eigenvalue weighted by atomic mass is 10.1. The minimum absolute atomic E-state index is 0.0916. The van der Waals surface area contributed by atoms with E-state index in [1.165, 1.54) is 5.01 Å². The molecule has 4 nitrogen and oxygen atoms in total. The van der Waals surface area contributed by atoms with Crippen LogP contribution in [0.3, 0.4) is 0 Å². The van der Waals surface area contributed by atoms with Gasteiger partial charge in [0.25, 0.3) is 0 Å². The fraction of sp³-hybridized carbons (Fsp3) is 0.500. The Bertz CT molecular complexity index is 385. The number of nitrogens with one attached hydrogen (secondary N) is 1. The number of benzene rings is 1. The molecule has 0 spiro atoms. The lowest BCUT2D eigenvalue weighted by Gasteiger charge is -2.31. The number of amides is 1. The number of nitrogens with zero attached hydrogens (tertiary/aromatic N) is 1. The molecule has 1 aromatic rings. The van der Waals surface area contributed by atoms with Crippen LogP contribution in [0.1, 0.15) is 39.3 Å². The molecule has 1 aromatic carbocycles. The van der Waals surface area contributed by atoms with Crippen LogP contribution < -0.4 is 5.43 Å². The van der Waals surface area contributed by atoms with Gasteiger partial charge in [-0.3, -0.25) is 0 Å². The van der Waals surface area contributed by atoms with Crippen LogP contribution in [0.25, 0.3) is 0 Å². The highest BCUT2D eigenvalue weighted by Crippen LogP contribution is 2.20. The fourth-order valence-electron chi connectivity index (χ4n) is 1.63. The van der Waals surface area contributed by atoms with E-state index < -0.39 is 5.60 Å². The van der Waals surface area contributed by atoms with Crippen LogP contribution in [0.15, 0.2) is 30.3 Å². The third-order valence-electron chi connectivity index (χ3n) is 2.50. The van der Waals surface area contributed by atoms with E-state index in [1.807, 2.05) is 58.0 Å². The van der Waals surface area contributed by atoms with E-state index in [-0.39, 0.29) is 12.1 Å². The maximum Gasteiger partial charge on any atom is 0.425 e. The van der Waals surface area contributed by atoms with E-state index in [1.54, 1.807) is 7.05 Å². The van der Waals surface area contributed by atoms with Crippen molar-refractivity contribution < 1.29 is 9.53 Å². The van der Waals surface area contributed by atoms with E-state index in [0.29, 0.717) is 0 Å². The number of carbonyl (C=O) groups is 1. The topological polar surface area (TPSA) is 41.6 Å². The molecule has 4 heteroatoms. The highest BCUT2D eigenvalue weighted by Gasteiger charge is 2.25. The summed E-state index contributed by atoms with van der Waals surface area (Å²) in [4.78, 5) is 12.0. The number of ether oxygens (including phenoxy) is 1. The maximum atomic E-state index is 12.0. The van der Waals surface area contributed by atoms with Crippen LogP contribution in [0.5, 0.6) is 0 Å². The maximum absolute atomic E-state index is 12.0. The summed E-state index contributed by atoms with van der Waals surface area (Å²) in [5.74, 6) is 0. The summed E-state index contributed by atoms with van der Waals surface area (Å²) in [6, 6.07) is 9.74. The highest BCUT2D eigenvalue weighted by molar-refractivity contribution is 5.68. The van der Waals surface area contributed by atoms with Gasteiger partial charge in [-0.2, -0.15) is 0 Å². The van der Waals surface area contributed by atoms with Crippen molar-refractivity contribution in [1.29, 1.82) is 0 Å². The summed E-state index contributed by atoms with van der Waals surface area (Å²) in [5, 5.41) is 1.49. The lowest BCUT2D eigenvalue weighted by Crippen LogP contribution is -2.45. The van der Waals surface area contributed by atoms with Gasteiger partial charge >= 0.3 is 6.09 Å². The Balaban J connectivity index is 2.81. The Labute approximate surface area is 109 Å². The summed E-state index contributed by atoms with van der Waals surface area (Å²) in [6.45, 7) is 7.51. The largest absolute Gasteiger partial charge is 0.443 e. The average molecular weight is 250 g/mol. The van der Waals surface area contributed by atoms with E-state index in [2.05, 4.69) is 5.43 Å². The molecule has 100 valence electrons. The molecule has 0 aliphatic carbocycles. The fourth-order valence-corrected chi connectivity index (χ4v) is 1.63. The summed E-state index contributed by atoms with van der Waals surface area (Å²) < 4.78 is 5.36. The van der Waals surface area contributed by atoms with Gasteiger partial charge in [-0.1, -0.05) is 30.3 Å². The van der Waals surface area contributed by atoms with Gasteiger partial charge in [0.2, 0.25) is 0 Å². The van der Waals surface area contributed by atoms with Gasteiger partial charge in [-0.05, 0) is 33.3 Å². The Morgan fingerprint density at radius 2 is 1.83 bits per heavy atom. The Morgan fingerprint density at radius 1 is 1.28 bits per heavy atom. The molecule has 0 radical (unpaired) electrons. The third-order valence-corrected chi connectivity index (χ3v) is 2.50. The molecule has 1 unspecified atom stereocenters. The van der Waals surface area contributed by atoms with Crippen LogP contribution >= 0.6 is 0 Å². The van der Waals surface area contributed by atoms with Gasteiger partial charge in [-0.15, -0.1) is 0 Å². The second-order valence-electron chi connectivity index (χ2n) is 5.16. The third kappa shape index (κ3) is 4.04. The molecule has 0 fully saturated rings. The molecule has 0 saturated carbocycles. The molecule has 0 aromatic heterocycles. The predicted octanol–water partition coefficient (Wildman–Crippen LogP) is 3.12. The zero-order valence-electron chi connectivity index (χ0n) is 11.7. The van der Waals surface area contributed by atoms with Crippen molar-refractivity contribution in [3.63, 3.8) is 0 Å². The second-order valence-corrected chi connectivity index (χ2v) is 5.16. The van der Waals surface area contributed by atoms with E-state index >= 15 is 0 Å². The molecular formula is C14H22N2O2. The normalized spacial score (nSPS) is 12.9. The van der Waals surface area contributed by atoms with Gasteiger partial charge in [0, 0.05) is 7.05 Å². The van der Waals surface area contributed by atoms with Crippen LogP contribution in [-0.4, -0.2) is 23.8 Å². The van der Waals surface area contributed by atoms with Gasteiger partial charge in [-0.25, -0.2) is 15.2 Å². The number of carbonyl (C=O) groups excluding carboxylic acids is 1. The minimum Gasteiger partial charge on any atom is -0.443 e. The SMILES string of the molecule is CNN(C(=O)OC(C)(C)C)C(C)c1ccccc1. The Kier molecular flexibility index (Phi) is 4.73. The molecule has 0 aliphatic rings. The van der Waals surface area contributed by atoms with Crippen LogP contribution in [0, 0.1) is 0 Å². The van der Waals surface area contributed by atoms with Crippen molar-refractivity contribution >= 4 is 6.09 Å². The lowest BCUT2D eigenvalue weighted by molar-refractivity contribution is 0.00622.